The predicted molar refractivity (Wildman–Crippen MR) is 91.1 cm³/mol. The largest absolute Gasteiger partial charge is 0.429 e. The Hall–Kier alpha value is -1.66. The highest BCUT2D eigenvalue weighted by atomic mass is 32.1. The van der Waals surface area contributed by atoms with Crippen LogP contribution in [0.15, 0.2) is 22.6 Å². The van der Waals surface area contributed by atoms with E-state index in [1.807, 2.05) is 11.0 Å². The van der Waals surface area contributed by atoms with E-state index in [1.165, 1.54) is 0 Å². The summed E-state index contributed by atoms with van der Waals surface area (Å²) >= 11 is 4.97. The number of benzene rings is 1. The Kier molecular flexibility index (Phi) is 4.82. The van der Waals surface area contributed by atoms with Gasteiger partial charge in [0.2, 0.25) is 0 Å². The Morgan fingerprint density at radius 1 is 1.52 bits per heavy atom. The van der Waals surface area contributed by atoms with E-state index in [-0.39, 0.29) is 12.0 Å². The van der Waals surface area contributed by atoms with Crippen LogP contribution in [0.25, 0.3) is 11.1 Å². The second-order valence-corrected chi connectivity index (χ2v) is 6.81. The minimum absolute atomic E-state index is 0.0178. The van der Waals surface area contributed by atoms with Crippen molar-refractivity contribution in [2.24, 2.45) is 5.92 Å². The second kappa shape index (κ2) is 6.84. The standard InChI is InChI=1S/C17H22N2O3S/c1-11(2)6-8-21-13-5-7-19(10-13)16(20)12-3-4-14-15(9-12)22-17(23)18-14/h3-4,9,11,13H,5-8,10H2,1-2H3,(H,18,23)/t13-/m0/s1. The van der Waals surface area contributed by atoms with E-state index >= 15 is 0 Å². The van der Waals surface area contributed by atoms with Crippen LogP contribution >= 0.6 is 12.2 Å². The monoisotopic (exact) mass is 334 g/mol. The molecular weight excluding hydrogens is 312 g/mol. The molecule has 6 heteroatoms. The maximum absolute atomic E-state index is 12.6. The van der Waals surface area contributed by atoms with Crippen molar-refractivity contribution in [3.63, 3.8) is 0 Å². The first kappa shape index (κ1) is 16.2. The number of nitrogens with one attached hydrogen (secondary N) is 1. The summed E-state index contributed by atoms with van der Waals surface area (Å²) in [4.78, 5) is 17.7. The van der Waals surface area contributed by atoms with Crippen LogP contribution in [-0.2, 0) is 4.74 Å². The van der Waals surface area contributed by atoms with Gasteiger partial charge in [0.15, 0.2) is 5.58 Å². The summed E-state index contributed by atoms with van der Waals surface area (Å²) in [6.07, 6.45) is 2.11. The molecule has 3 rings (SSSR count). The minimum Gasteiger partial charge on any atom is -0.429 e. The predicted octanol–water partition coefficient (Wildman–Crippen LogP) is 3.77. The van der Waals surface area contributed by atoms with Crippen LogP contribution in [0.4, 0.5) is 0 Å². The van der Waals surface area contributed by atoms with Crippen LogP contribution in [0.3, 0.4) is 0 Å². The van der Waals surface area contributed by atoms with Gasteiger partial charge in [-0.05, 0) is 49.2 Å². The Morgan fingerprint density at radius 2 is 2.35 bits per heavy atom. The molecule has 23 heavy (non-hydrogen) atoms. The smallest absolute Gasteiger partial charge is 0.266 e. The van der Waals surface area contributed by atoms with Crippen molar-refractivity contribution in [1.29, 1.82) is 0 Å². The number of hydrogen-bond donors (Lipinski definition) is 1. The molecule has 0 aliphatic carbocycles. The number of aromatic nitrogens is 1. The fraction of sp³-hybridized carbons (Fsp3) is 0.529. The molecule has 1 fully saturated rings. The lowest BCUT2D eigenvalue weighted by Crippen LogP contribution is -2.30. The van der Waals surface area contributed by atoms with Gasteiger partial charge in [-0.25, -0.2) is 0 Å². The lowest BCUT2D eigenvalue weighted by molar-refractivity contribution is 0.0484. The molecule has 0 saturated carbocycles. The Bertz CT molecular complexity index is 750. The summed E-state index contributed by atoms with van der Waals surface area (Å²) in [5.41, 5.74) is 2.05. The van der Waals surface area contributed by atoms with Crippen LogP contribution < -0.4 is 0 Å². The van der Waals surface area contributed by atoms with Gasteiger partial charge in [0, 0.05) is 25.3 Å². The molecule has 5 nitrogen and oxygen atoms in total. The molecule has 1 aliphatic heterocycles. The van der Waals surface area contributed by atoms with Crippen molar-refractivity contribution in [3.05, 3.63) is 28.6 Å². The molecule has 1 aromatic heterocycles. The number of oxazole rings is 1. The third-order valence-electron chi connectivity index (χ3n) is 4.15. The van der Waals surface area contributed by atoms with Crippen molar-refractivity contribution in [1.82, 2.24) is 9.88 Å². The van der Waals surface area contributed by atoms with Crippen molar-refractivity contribution in [3.8, 4) is 0 Å². The molecule has 1 aliphatic rings. The third kappa shape index (κ3) is 3.82. The van der Waals surface area contributed by atoms with Crippen LogP contribution in [-0.4, -0.2) is 41.6 Å². The van der Waals surface area contributed by atoms with Gasteiger partial charge in [0.25, 0.3) is 10.7 Å². The molecule has 2 aromatic rings. The van der Waals surface area contributed by atoms with Gasteiger partial charge in [-0.15, -0.1) is 0 Å². The Balaban J connectivity index is 1.62. The number of amides is 1. The van der Waals surface area contributed by atoms with Gasteiger partial charge in [-0.2, -0.15) is 0 Å². The average Bonchev–Trinajstić information content (AvgIpc) is 3.10. The minimum atomic E-state index is 0.0178. The summed E-state index contributed by atoms with van der Waals surface area (Å²) in [7, 11) is 0. The molecule has 124 valence electrons. The van der Waals surface area contributed by atoms with E-state index in [0.29, 0.717) is 28.4 Å². The molecule has 1 saturated heterocycles. The number of rotatable bonds is 5. The SMILES string of the molecule is CC(C)CCO[C@H]1CCN(C(=O)c2ccc3[nH]c(=S)oc3c2)C1. The van der Waals surface area contributed by atoms with Gasteiger partial charge in [0.1, 0.15) is 0 Å². The highest BCUT2D eigenvalue weighted by molar-refractivity contribution is 7.71. The zero-order valence-corrected chi connectivity index (χ0v) is 14.3. The van der Waals surface area contributed by atoms with Gasteiger partial charge >= 0.3 is 0 Å². The molecule has 0 radical (unpaired) electrons. The molecule has 2 heterocycles. The fourth-order valence-electron chi connectivity index (χ4n) is 2.78. The van der Waals surface area contributed by atoms with Gasteiger partial charge in [-0.1, -0.05) is 13.8 Å². The molecule has 1 amide bonds. The first-order valence-electron chi connectivity index (χ1n) is 8.06. The maximum Gasteiger partial charge on any atom is 0.266 e. The first-order chi connectivity index (χ1) is 11.0. The average molecular weight is 334 g/mol. The summed E-state index contributed by atoms with van der Waals surface area (Å²) in [5.74, 6) is 0.657. The summed E-state index contributed by atoms with van der Waals surface area (Å²) in [6, 6.07) is 5.38. The normalized spacial score (nSPS) is 18.2. The number of aromatic amines is 1. The van der Waals surface area contributed by atoms with Crippen molar-refractivity contribution < 1.29 is 13.9 Å². The molecule has 0 spiro atoms. The topological polar surface area (TPSA) is 58.5 Å². The zero-order valence-electron chi connectivity index (χ0n) is 13.5. The number of nitrogens with zero attached hydrogens (tertiary/aromatic N) is 1. The molecule has 1 aromatic carbocycles. The molecule has 1 atom stereocenters. The van der Waals surface area contributed by atoms with Gasteiger partial charge < -0.3 is 19.0 Å². The highest BCUT2D eigenvalue weighted by Gasteiger charge is 2.27. The highest BCUT2D eigenvalue weighted by Crippen LogP contribution is 2.20. The van der Waals surface area contributed by atoms with Crippen LogP contribution in [0.1, 0.15) is 37.0 Å². The summed E-state index contributed by atoms with van der Waals surface area (Å²) < 4.78 is 11.3. The lowest BCUT2D eigenvalue weighted by Gasteiger charge is -2.17. The number of carbonyl (C=O) groups is 1. The van der Waals surface area contributed by atoms with Crippen LogP contribution in [0.2, 0.25) is 0 Å². The quantitative estimate of drug-likeness (QED) is 0.846. The number of likely N-dealkylation sites (tertiary alicyclic amines) is 1. The Morgan fingerprint density at radius 3 is 3.13 bits per heavy atom. The van der Waals surface area contributed by atoms with E-state index in [1.54, 1.807) is 12.1 Å². The lowest BCUT2D eigenvalue weighted by atomic mass is 10.1. The Labute approximate surface area is 140 Å². The molecule has 0 unspecified atom stereocenters. The number of fused-ring (bicyclic) bond motifs is 1. The molecule has 0 bridgehead atoms. The number of carbonyl (C=O) groups excluding carboxylic acids is 1. The third-order valence-corrected chi connectivity index (χ3v) is 4.33. The van der Waals surface area contributed by atoms with Crippen LogP contribution in [0.5, 0.6) is 0 Å². The van der Waals surface area contributed by atoms with Crippen molar-refractivity contribution in [2.75, 3.05) is 19.7 Å². The van der Waals surface area contributed by atoms with Crippen molar-refractivity contribution >= 4 is 29.2 Å². The fourth-order valence-corrected chi connectivity index (χ4v) is 2.98. The molecule has 1 N–H and O–H groups in total. The van der Waals surface area contributed by atoms with Crippen LogP contribution in [0, 0.1) is 10.8 Å². The first-order valence-corrected chi connectivity index (χ1v) is 8.47. The van der Waals surface area contributed by atoms with E-state index in [0.717, 1.165) is 31.5 Å². The van der Waals surface area contributed by atoms with E-state index in [4.69, 9.17) is 21.4 Å². The molecular formula is C17H22N2O3S. The number of ether oxygens (including phenoxy) is 1. The van der Waals surface area contributed by atoms with E-state index in [2.05, 4.69) is 18.8 Å². The van der Waals surface area contributed by atoms with Gasteiger partial charge in [-0.3, -0.25) is 4.79 Å². The maximum atomic E-state index is 12.6. The van der Waals surface area contributed by atoms with Crippen molar-refractivity contribution in [2.45, 2.75) is 32.8 Å². The van der Waals surface area contributed by atoms with E-state index in [9.17, 15) is 4.79 Å². The van der Waals surface area contributed by atoms with Gasteiger partial charge in [0.05, 0.1) is 11.6 Å². The zero-order chi connectivity index (χ0) is 16.4. The summed E-state index contributed by atoms with van der Waals surface area (Å²) in [6.45, 7) is 6.53. The summed E-state index contributed by atoms with van der Waals surface area (Å²) in [5, 5.41) is 0. The second-order valence-electron chi connectivity index (χ2n) is 6.44. The van der Waals surface area contributed by atoms with E-state index < -0.39 is 0 Å². The number of H-pyrrole nitrogens is 1. The number of hydrogen-bond acceptors (Lipinski definition) is 4.